The van der Waals surface area contributed by atoms with Crippen molar-refractivity contribution in [1.29, 1.82) is 0 Å². The minimum absolute atomic E-state index is 0.0578. The first-order valence-corrected chi connectivity index (χ1v) is 6.14. The van der Waals surface area contributed by atoms with Crippen molar-refractivity contribution < 1.29 is 14.3 Å². The van der Waals surface area contributed by atoms with Gasteiger partial charge in [-0.3, -0.25) is 4.79 Å². The molecule has 19 heavy (non-hydrogen) atoms. The first-order chi connectivity index (χ1) is 9.11. The second kappa shape index (κ2) is 5.56. The highest BCUT2D eigenvalue weighted by Gasteiger charge is 2.29. The van der Waals surface area contributed by atoms with Gasteiger partial charge in [-0.1, -0.05) is 17.7 Å². The first-order valence-electron chi connectivity index (χ1n) is 6.14. The summed E-state index contributed by atoms with van der Waals surface area (Å²) in [4.78, 5) is 23.4. The zero-order valence-electron chi connectivity index (χ0n) is 10.9. The van der Waals surface area contributed by atoms with Crippen molar-refractivity contribution in [3.63, 3.8) is 0 Å². The second-order valence-corrected chi connectivity index (χ2v) is 4.25. The Morgan fingerprint density at radius 3 is 2.68 bits per heavy atom. The van der Waals surface area contributed by atoms with E-state index in [9.17, 15) is 9.59 Å². The van der Waals surface area contributed by atoms with E-state index in [1.807, 2.05) is 31.2 Å². The van der Waals surface area contributed by atoms with Crippen LogP contribution in [0.3, 0.4) is 0 Å². The number of amides is 1. The summed E-state index contributed by atoms with van der Waals surface area (Å²) in [6.07, 6.45) is 0. The van der Waals surface area contributed by atoms with Crippen LogP contribution in [0.15, 0.2) is 35.5 Å². The lowest BCUT2D eigenvalue weighted by Gasteiger charge is -2.08. The zero-order chi connectivity index (χ0) is 13.8. The summed E-state index contributed by atoms with van der Waals surface area (Å²) < 4.78 is 4.89. The quantitative estimate of drug-likeness (QED) is 0.633. The van der Waals surface area contributed by atoms with Crippen LogP contribution in [-0.2, 0) is 14.3 Å². The number of hydrogen-bond acceptors (Lipinski definition) is 4. The van der Waals surface area contributed by atoms with Crippen LogP contribution in [0.2, 0.25) is 0 Å². The molecule has 1 amide bonds. The fourth-order valence-electron chi connectivity index (χ4n) is 1.82. The van der Waals surface area contributed by atoms with E-state index in [-0.39, 0.29) is 12.2 Å². The number of anilines is 1. The van der Waals surface area contributed by atoms with Crippen molar-refractivity contribution in [2.75, 3.05) is 18.5 Å². The lowest BCUT2D eigenvalue weighted by atomic mass is 10.2. The highest BCUT2D eigenvalue weighted by Crippen LogP contribution is 2.17. The fourth-order valence-corrected chi connectivity index (χ4v) is 1.82. The number of carbonyl (C=O) groups is 2. The van der Waals surface area contributed by atoms with E-state index < -0.39 is 11.9 Å². The molecule has 5 heteroatoms. The van der Waals surface area contributed by atoms with Crippen molar-refractivity contribution >= 4 is 17.6 Å². The van der Waals surface area contributed by atoms with Crippen molar-refractivity contribution in [2.24, 2.45) is 0 Å². The van der Waals surface area contributed by atoms with Gasteiger partial charge in [-0.2, -0.15) is 0 Å². The minimum Gasteiger partial charge on any atom is -0.462 e. The maximum atomic E-state index is 11.7. The highest BCUT2D eigenvalue weighted by molar-refractivity contribution is 6.19. The van der Waals surface area contributed by atoms with Crippen LogP contribution in [0.4, 0.5) is 5.69 Å². The lowest BCUT2D eigenvalue weighted by molar-refractivity contribution is -0.140. The number of carbonyl (C=O) groups excluding carboxylic acids is 2. The number of hydrogen-bond donors (Lipinski definition) is 2. The van der Waals surface area contributed by atoms with Gasteiger partial charge in [-0.15, -0.1) is 0 Å². The first kappa shape index (κ1) is 13.1. The highest BCUT2D eigenvalue weighted by atomic mass is 16.5. The fraction of sp³-hybridized carbons (Fsp3) is 0.286. The number of aryl methyl sites for hydroxylation is 1. The monoisotopic (exact) mass is 260 g/mol. The Bertz CT molecular complexity index is 532. The predicted molar refractivity (Wildman–Crippen MR) is 71.5 cm³/mol. The molecule has 1 aromatic carbocycles. The molecule has 0 unspecified atom stereocenters. The minimum atomic E-state index is -0.591. The Balaban J connectivity index is 2.22. The van der Waals surface area contributed by atoms with E-state index in [2.05, 4.69) is 10.6 Å². The molecule has 2 rings (SSSR count). The summed E-state index contributed by atoms with van der Waals surface area (Å²) in [6.45, 7) is 4.25. The number of esters is 1. The molecule has 0 bridgehead atoms. The van der Waals surface area contributed by atoms with E-state index >= 15 is 0 Å². The maximum absolute atomic E-state index is 11.7. The second-order valence-electron chi connectivity index (χ2n) is 4.25. The molecule has 5 nitrogen and oxygen atoms in total. The van der Waals surface area contributed by atoms with E-state index in [1.165, 1.54) is 0 Å². The predicted octanol–water partition coefficient (Wildman–Crippen LogP) is 1.35. The Labute approximate surface area is 111 Å². The summed E-state index contributed by atoms with van der Waals surface area (Å²) in [5.41, 5.74) is 2.58. The standard InChI is InChI=1S/C14H16N2O3/c1-3-19-14(18)12-11(8-15-13(12)17)16-10-6-4-9(2)5-7-10/h4-7,16H,3,8H2,1-2H3,(H,15,17). The average molecular weight is 260 g/mol. The molecule has 100 valence electrons. The molecule has 0 saturated carbocycles. The van der Waals surface area contributed by atoms with Crippen LogP contribution in [0.5, 0.6) is 0 Å². The molecule has 0 atom stereocenters. The normalized spacial score (nSPS) is 14.3. The Morgan fingerprint density at radius 2 is 2.05 bits per heavy atom. The van der Waals surface area contributed by atoms with Gasteiger partial charge in [0.05, 0.1) is 18.8 Å². The summed E-state index contributed by atoms with van der Waals surface area (Å²) >= 11 is 0. The molecule has 0 aliphatic carbocycles. The van der Waals surface area contributed by atoms with Gasteiger partial charge >= 0.3 is 5.97 Å². The maximum Gasteiger partial charge on any atom is 0.345 e. The molecular weight excluding hydrogens is 244 g/mol. The molecule has 0 spiro atoms. The molecule has 2 N–H and O–H groups in total. The smallest absolute Gasteiger partial charge is 0.345 e. The Morgan fingerprint density at radius 1 is 1.37 bits per heavy atom. The number of benzene rings is 1. The lowest BCUT2D eigenvalue weighted by Crippen LogP contribution is -2.22. The van der Waals surface area contributed by atoms with Crippen LogP contribution in [0.25, 0.3) is 0 Å². The van der Waals surface area contributed by atoms with E-state index in [0.29, 0.717) is 12.2 Å². The largest absolute Gasteiger partial charge is 0.462 e. The van der Waals surface area contributed by atoms with E-state index in [1.54, 1.807) is 6.92 Å². The van der Waals surface area contributed by atoms with Gasteiger partial charge < -0.3 is 15.4 Å². The van der Waals surface area contributed by atoms with Gasteiger partial charge in [-0.25, -0.2) is 4.79 Å². The number of nitrogens with one attached hydrogen (secondary N) is 2. The van der Waals surface area contributed by atoms with Gasteiger partial charge in [0.25, 0.3) is 5.91 Å². The summed E-state index contributed by atoms with van der Waals surface area (Å²) in [7, 11) is 0. The van der Waals surface area contributed by atoms with Crippen LogP contribution in [0.1, 0.15) is 12.5 Å². The summed E-state index contributed by atoms with van der Waals surface area (Å²) in [6, 6.07) is 7.70. The molecule has 1 heterocycles. The van der Waals surface area contributed by atoms with E-state index in [0.717, 1.165) is 11.3 Å². The van der Waals surface area contributed by atoms with Gasteiger partial charge in [0, 0.05) is 5.69 Å². The van der Waals surface area contributed by atoms with Crippen molar-refractivity contribution in [3.8, 4) is 0 Å². The van der Waals surface area contributed by atoms with Crippen LogP contribution in [-0.4, -0.2) is 25.0 Å². The number of ether oxygens (including phenoxy) is 1. The van der Waals surface area contributed by atoms with Crippen LogP contribution < -0.4 is 10.6 Å². The average Bonchev–Trinajstić information content (AvgIpc) is 2.74. The molecule has 1 aromatic rings. The molecule has 0 aromatic heterocycles. The third kappa shape index (κ3) is 2.93. The molecule has 1 aliphatic rings. The van der Waals surface area contributed by atoms with Gasteiger partial charge in [0.1, 0.15) is 5.57 Å². The van der Waals surface area contributed by atoms with Crippen molar-refractivity contribution in [2.45, 2.75) is 13.8 Å². The van der Waals surface area contributed by atoms with Crippen LogP contribution in [0, 0.1) is 6.92 Å². The zero-order valence-corrected chi connectivity index (χ0v) is 10.9. The van der Waals surface area contributed by atoms with Crippen LogP contribution >= 0.6 is 0 Å². The third-order valence-electron chi connectivity index (χ3n) is 2.78. The van der Waals surface area contributed by atoms with Gasteiger partial charge in [-0.05, 0) is 26.0 Å². The molecule has 1 aliphatic heterocycles. The van der Waals surface area contributed by atoms with Gasteiger partial charge in [0.15, 0.2) is 0 Å². The third-order valence-corrected chi connectivity index (χ3v) is 2.78. The van der Waals surface area contributed by atoms with E-state index in [4.69, 9.17) is 4.74 Å². The number of rotatable bonds is 4. The Kier molecular flexibility index (Phi) is 3.85. The molecular formula is C14H16N2O3. The Hall–Kier alpha value is -2.30. The SMILES string of the molecule is CCOC(=O)C1=C(Nc2ccc(C)cc2)CNC1=O. The van der Waals surface area contributed by atoms with Crippen molar-refractivity contribution in [3.05, 3.63) is 41.1 Å². The summed E-state index contributed by atoms with van der Waals surface area (Å²) in [5.74, 6) is -0.986. The molecule has 0 saturated heterocycles. The van der Waals surface area contributed by atoms with Crippen molar-refractivity contribution in [1.82, 2.24) is 5.32 Å². The van der Waals surface area contributed by atoms with Gasteiger partial charge in [0.2, 0.25) is 0 Å². The summed E-state index contributed by atoms with van der Waals surface area (Å²) in [5, 5.41) is 5.70. The topological polar surface area (TPSA) is 67.4 Å². The molecule has 0 fully saturated rings. The molecule has 0 radical (unpaired) electrons.